The summed E-state index contributed by atoms with van der Waals surface area (Å²) in [6, 6.07) is 11.8. The molecule has 2 aromatic carbocycles. The summed E-state index contributed by atoms with van der Waals surface area (Å²) in [5.74, 6) is 0.980. The summed E-state index contributed by atoms with van der Waals surface area (Å²) in [4.78, 5) is 12.2. The number of methoxy groups -OCH3 is 2. The third kappa shape index (κ3) is 4.86. The number of phenols is 1. The Morgan fingerprint density at radius 3 is 2.46 bits per heavy atom. The maximum Gasteiger partial charge on any atom is 0.185 e. The Kier molecular flexibility index (Phi) is 6.40. The van der Waals surface area contributed by atoms with E-state index in [0.29, 0.717) is 35.8 Å². The fraction of sp³-hybridized carbons (Fsp3) is 0.211. The Morgan fingerprint density at radius 1 is 1.08 bits per heavy atom. The predicted octanol–water partition coefficient (Wildman–Crippen LogP) is 3.32. The lowest BCUT2D eigenvalue weighted by Gasteiger charge is -2.05. The maximum absolute atomic E-state index is 12.2. The summed E-state index contributed by atoms with van der Waals surface area (Å²) in [6.07, 6.45) is 3.10. The van der Waals surface area contributed by atoms with E-state index in [1.807, 2.05) is 0 Å². The Hall–Kier alpha value is -2.79. The third-order valence-electron chi connectivity index (χ3n) is 3.33. The first kappa shape index (κ1) is 17.6. The molecule has 0 aromatic heterocycles. The monoisotopic (exact) mass is 328 g/mol. The molecule has 0 amide bonds. The molecule has 0 saturated carbocycles. The van der Waals surface area contributed by atoms with Gasteiger partial charge in [-0.1, -0.05) is 12.1 Å². The van der Waals surface area contributed by atoms with Gasteiger partial charge in [0.15, 0.2) is 17.3 Å². The minimum atomic E-state index is -0.131. The third-order valence-corrected chi connectivity index (χ3v) is 3.33. The van der Waals surface area contributed by atoms with Crippen molar-refractivity contribution in [3.63, 3.8) is 0 Å². The molecule has 5 nitrogen and oxygen atoms in total. The van der Waals surface area contributed by atoms with Gasteiger partial charge in [0.1, 0.15) is 12.4 Å². The number of rotatable bonds is 8. The first-order valence-electron chi connectivity index (χ1n) is 7.45. The van der Waals surface area contributed by atoms with Crippen LogP contribution in [-0.4, -0.2) is 38.3 Å². The highest BCUT2D eigenvalue weighted by Gasteiger charge is 2.04. The van der Waals surface area contributed by atoms with Gasteiger partial charge in [0.2, 0.25) is 0 Å². The van der Waals surface area contributed by atoms with E-state index < -0.39 is 0 Å². The minimum absolute atomic E-state index is 0.0321. The second kappa shape index (κ2) is 8.74. The number of allylic oxidation sites excluding steroid dienone is 1. The van der Waals surface area contributed by atoms with Crippen LogP contribution in [0.25, 0.3) is 6.08 Å². The molecule has 5 heteroatoms. The number of ether oxygens (including phenoxy) is 3. The first-order valence-corrected chi connectivity index (χ1v) is 7.45. The van der Waals surface area contributed by atoms with E-state index in [4.69, 9.17) is 14.2 Å². The van der Waals surface area contributed by atoms with Gasteiger partial charge in [-0.2, -0.15) is 0 Å². The van der Waals surface area contributed by atoms with E-state index in [0.717, 1.165) is 0 Å². The first-order chi connectivity index (χ1) is 11.6. The summed E-state index contributed by atoms with van der Waals surface area (Å²) in [5.41, 5.74) is 1.27. The van der Waals surface area contributed by atoms with Crippen LogP contribution in [-0.2, 0) is 4.74 Å². The molecule has 0 bridgehead atoms. The van der Waals surface area contributed by atoms with Crippen LogP contribution in [0.3, 0.4) is 0 Å². The quantitative estimate of drug-likeness (QED) is 0.457. The second-order valence-electron chi connectivity index (χ2n) is 4.99. The van der Waals surface area contributed by atoms with Crippen LogP contribution >= 0.6 is 0 Å². The van der Waals surface area contributed by atoms with Crippen LogP contribution in [0.5, 0.6) is 17.2 Å². The lowest BCUT2D eigenvalue weighted by atomic mass is 10.1. The van der Waals surface area contributed by atoms with E-state index in [-0.39, 0.29) is 11.5 Å². The predicted molar refractivity (Wildman–Crippen MR) is 91.8 cm³/mol. The number of carbonyl (C=O) groups is 1. The van der Waals surface area contributed by atoms with E-state index >= 15 is 0 Å². The molecule has 0 unspecified atom stereocenters. The molecule has 0 saturated heterocycles. The van der Waals surface area contributed by atoms with Crippen molar-refractivity contribution in [2.75, 3.05) is 27.4 Å². The zero-order valence-electron chi connectivity index (χ0n) is 13.7. The zero-order valence-corrected chi connectivity index (χ0v) is 13.7. The van der Waals surface area contributed by atoms with Crippen LogP contribution < -0.4 is 9.47 Å². The van der Waals surface area contributed by atoms with Crippen molar-refractivity contribution in [1.29, 1.82) is 0 Å². The standard InChI is InChI=1S/C19H20O5/c1-22-11-12-24-16-7-5-15(6-8-16)17(20)9-3-14-4-10-19(23-2)18(21)13-14/h3-10,13,21H,11-12H2,1-2H3/b9-3-. The molecule has 0 fully saturated rings. The van der Waals surface area contributed by atoms with Crippen molar-refractivity contribution >= 4 is 11.9 Å². The number of carbonyl (C=O) groups excluding carboxylic acids is 1. The van der Waals surface area contributed by atoms with Crippen LogP contribution in [0.1, 0.15) is 15.9 Å². The van der Waals surface area contributed by atoms with E-state index in [1.165, 1.54) is 19.3 Å². The minimum Gasteiger partial charge on any atom is -0.504 e. The lowest BCUT2D eigenvalue weighted by molar-refractivity contribution is 0.104. The Morgan fingerprint density at radius 2 is 1.83 bits per heavy atom. The van der Waals surface area contributed by atoms with E-state index in [1.54, 1.807) is 49.6 Å². The molecule has 0 spiro atoms. The molecule has 24 heavy (non-hydrogen) atoms. The van der Waals surface area contributed by atoms with Crippen LogP contribution in [0.15, 0.2) is 48.5 Å². The summed E-state index contributed by atoms with van der Waals surface area (Å²) in [7, 11) is 3.09. The van der Waals surface area contributed by atoms with Gasteiger partial charge < -0.3 is 19.3 Å². The highest BCUT2D eigenvalue weighted by Crippen LogP contribution is 2.26. The Labute approximate surface area is 141 Å². The fourth-order valence-corrected chi connectivity index (χ4v) is 2.04. The SMILES string of the molecule is COCCOc1ccc(C(=O)/C=C\c2ccc(OC)c(O)c2)cc1. The molecule has 0 heterocycles. The molecule has 126 valence electrons. The van der Waals surface area contributed by atoms with Gasteiger partial charge in [-0.15, -0.1) is 0 Å². The molecule has 0 aliphatic carbocycles. The lowest BCUT2D eigenvalue weighted by Crippen LogP contribution is -2.04. The molecular weight excluding hydrogens is 308 g/mol. The molecule has 0 atom stereocenters. The largest absolute Gasteiger partial charge is 0.504 e. The van der Waals surface area contributed by atoms with Gasteiger partial charge in [-0.05, 0) is 48.0 Å². The average molecular weight is 328 g/mol. The Bertz CT molecular complexity index is 704. The van der Waals surface area contributed by atoms with Crippen LogP contribution in [0.4, 0.5) is 0 Å². The van der Waals surface area contributed by atoms with Crippen molar-refractivity contribution < 1.29 is 24.1 Å². The summed E-state index contributed by atoms with van der Waals surface area (Å²) >= 11 is 0. The summed E-state index contributed by atoms with van der Waals surface area (Å²) < 4.78 is 15.3. The van der Waals surface area contributed by atoms with Crippen molar-refractivity contribution in [3.8, 4) is 17.2 Å². The van der Waals surface area contributed by atoms with Gasteiger partial charge in [-0.25, -0.2) is 0 Å². The maximum atomic E-state index is 12.2. The van der Waals surface area contributed by atoms with Crippen molar-refractivity contribution in [2.45, 2.75) is 0 Å². The average Bonchev–Trinajstić information content (AvgIpc) is 2.60. The highest BCUT2D eigenvalue weighted by molar-refractivity contribution is 6.06. The van der Waals surface area contributed by atoms with Gasteiger partial charge >= 0.3 is 0 Å². The van der Waals surface area contributed by atoms with E-state index in [9.17, 15) is 9.90 Å². The topological polar surface area (TPSA) is 65.0 Å². The second-order valence-corrected chi connectivity index (χ2v) is 4.99. The van der Waals surface area contributed by atoms with Gasteiger partial charge in [0, 0.05) is 12.7 Å². The van der Waals surface area contributed by atoms with Gasteiger partial charge in [0.25, 0.3) is 0 Å². The summed E-state index contributed by atoms with van der Waals surface area (Å²) in [6.45, 7) is 0.975. The summed E-state index contributed by atoms with van der Waals surface area (Å²) in [5, 5.41) is 9.73. The fourth-order valence-electron chi connectivity index (χ4n) is 2.04. The molecule has 2 aromatic rings. The van der Waals surface area contributed by atoms with Gasteiger partial charge in [-0.3, -0.25) is 4.79 Å². The molecule has 0 radical (unpaired) electrons. The smallest absolute Gasteiger partial charge is 0.185 e. The number of ketones is 1. The Balaban J connectivity index is 1.99. The number of hydrogen-bond acceptors (Lipinski definition) is 5. The normalized spacial score (nSPS) is 10.8. The van der Waals surface area contributed by atoms with Crippen LogP contribution in [0, 0.1) is 0 Å². The van der Waals surface area contributed by atoms with Crippen molar-refractivity contribution in [3.05, 3.63) is 59.7 Å². The number of benzene rings is 2. The zero-order chi connectivity index (χ0) is 17.4. The number of hydrogen-bond donors (Lipinski definition) is 1. The van der Waals surface area contributed by atoms with Crippen molar-refractivity contribution in [1.82, 2.24) is 0 Å². The van der Waals surface area contributed by atoms with Gasteiger partial charge in [0.05, 0.1) is 13.7 Å². The molecule has 1 N–H and O–H groups in total. The van der Waals surface area contributed by atoms with Crippen molar-refractivity contribution in [2.24, 2.45) is 0 Å². The molecule has 0 aliphatic rings. The molecule has 2 rings (SSSR count). The number of aromatic hydroxyl groups is 1. The van der Waals surface area contributed by atoms with Crippen LogP contribution in [0.2, 0.25) is 0 Å². The molecular formula is C19H20O5. The number of phenolic OH excluding ortho intramolecular Hbond substituents is 1. The molecule has 0 aliphatic heterocycles. The van der Waals surface area contributed by atoms with E-state index in [2.05, 4.69) is 0 Å². The highest BCUT2D eigenvalue weighted by atomic mass is 16.5.